The molecule has 0 saturated carbocycles. The van der Waals surface area contributed by atoms with Crippen molar-refractivity contribution in [2.75, 3.05) is 0 Å². The van der Waals surface area contributed by atoms with Crippen LogP contribution < -0.4 is 16.0 Å². The van der Waals surface area contributed by atoms with E-state index in [1.54, 1.807) is 30.3 Å². The quantitative estimate of drug-likeness (QED) is 0.259. The molecule has 0 saturated heterocycles. The molecule has 0 radical (unpaired) electrons. The molecule has 3 aromatic carbocycles. The Morgan fingerprint density at radius 2 is 1.75 bits per heavy atom. The van der Waals surface area contributed by atoms with E-state index in [2.05, 4.69) is 61.3 Å². The van der Waals surface area contributed by atoms with Crippen LogP contribution in [-0.2, 0) is 6.61 Å². The maximum atomic E-state index is 12.6. The summed E-state index contributed by atoms with van der Waals surface area (Å²) in [5.74, 6) is 0.691. The molecule has 158 valence electrons. The Labute approximate surface area is 209 Å². The molecule has 0 amide bonds. The van der Waals surface area contributed by atoms with Crippen LogP contribution in [0.5, 0.6) is 5.75 Å². The highest BCUT2D eigenvalue weighted by Crippen LogP contribution is 2.29. The molecular formula is C23H14I2N4O3. The molecule has 9 heteroatoms. The third-order valence-electron chi connectivity index (χ3n) is 4.64. The van der Waals surface area contributed by atoms with Crippen molar-refractivity contribution in [2.45, 2.75) is 6.61 Å². The second-order valence-electron chi connectivity index (χ2n) is 6.71. The van der Waals surface area contributed by atoms with Gasteiger partial charge in [0.15, 0.2) is 0 Å². The maximum absolute atomic E-state index is 12.6. The summed E-state index contributed by atoms with van der Waals surface area (Å²) in [6.07, 6.45) is 1.46. The van der Waals surface area contributed by atoms with Crippen LogP contribution in [0, 0.1) is 18.5 Å². The summed E-state index contributed by atoms with van der Waals surface area (Å²) in [6.45, 7) is 0.269. The predicted molar refractivity (Wildman–Crippen MR) is 139 cm³/mol. The van der Waals surface area contributed by atoms with Gasteiger partial charge in [0.1, 0.15) is 12.4 Å². The highest BCUT2D eigenvalue weighted by molar-refractivity contribution is 14.1. The number of aromatic amines is 1. The lowest BCUT2D eigenvalue weighted by Gasteiger charge is -2.12. The summed E-state index contributed by atoms with van der Waals surface area (Å²) in [5, 5.41) is 13.7. The van der Waals surface area contributed by atoms with E-state index in [9.17, 15) is 14.9 Å². The number of para-hydroxylation sites is 1. The van der Waals surface area contributed by atoms with Gasteiger partial charge < -0.3 is 9.72 Å². The van der Waals surface area contributed by atoms with Crippen molar-refractivity contribution < 1.29 is 4.74 Å². The number of nitrogens with one attached hydrogen (secondary N) is 1. The van der Waals surface area contributed by atoms with E-state index in [1.807, 2.05) is 30.3 Å². The first kappa shape index (κ1) is 22.2. The van der Waals surface area contributed by atoms with E-state index in [0.717, 1.165) is 17.4 Å². The van der Waals surface area contributed by atoms with Crippen molar-refractivity contribution in [1.82, 2.24) is 9.66 Å². The minimum absolute atomic E-state index is 0.269. The van der Waals surface area contributed by atoms with E-state index in [1.165, 1.54) is 6.21 Å². The standard InChI is InChI=1S/C23H14I2N4O3/c24-18-9-14(10-19(25)21(18)32-13-16-6-2-1-5-15(16)11-26)12-27-29-22(30)17-7-3-4-8-20(17)28-23(29)31/h1-10,12H,13H2,(H,28,31). The van der Waals surface area contributed by atoms with Crippen LogP contribution in [0.2, 0.25) is 0 Å². The van der Waals surface area contributed by atoms with E-state index in [-0.39, 0.29) is 6.61 Å². The number of hydrogen-bond acceptors (Lipinski definition) is 5. The lowest BCUT2D eigenvalue weighted by atomic mass is 10.1. The van der Waals surface area contributed by atoms with E-state index >= 15 is 0 Å². The molecule has 7 nitrogen and oxygen atoms in total. The van der Waals surface area contributed by atoms with Gasteiger partial charge in [0, 0.05) is 5.56 Å². The van der Waals surface area contributed by atoms with Crippen LogP contribution >= 0.6 is 45.2 Å². The molecule has 1 aromatic heterocycles. The van der Waals surface area contributed by atoms with Crippen molar-refractivity contribution in [3.05, 3.63) is 105 Å². The summed E-state index contributed by atoms with van der Waals surface area (Å²) >= 11 is 4.32. The summed E-state index contributed by atoms with van der Waals surface area (Å²) < 4.78 is 8.47. The fraction of sp³-hybridized carbons (Fsp3) is 0.0435. The van der Waals surface area contributed by atoms with Gasteiger partial charge in [0.05, 0.1) is 35.9 Å². The van der Waals surface area contributed by atoms with Crippen molar-refractivity contribution >= 4 is 62.3 Å². The molecule has 0 aliphatic carbocycles. The largest absolute Gasteiger partial charge is 0.487 e. The smallest absolute Gasteiger partial charge is 0.349 e. The Kier molecular flexibility index (Phi) is 6.71. The van der Waals surface area contributed by atoms with Gasteiger partial charge in [0.25, 0.3) is 5.56 Å². The molecule has 32 heavy (non-hydrogen) atoms. The van der Waals surface area contributed by atoms with Crippen molar-refractivity contribution in [1.29, 1.82) is 5.26 Å². The molecular weight excluding hydrogens is 634 g/mol. The highest BCUT2D eigenvalue weighted by atomic mass is 127. The fourth-order valence-electron chi connectivity index (χ4n) is 3.08. The average Bonchev–Trinajstić information content (AvgIpc) is 2.78. The number of aromatic nitrogens is 2. The Balaban J connectivity index is 1.61. The van der Waals surface area contributed by atoms with Gasteiger partial charge in [-0.25, -0.2) is 4.79 Å². The number of fused-ring (bicyclic) bond motifs is 1. The highest BCUT2D eigenvalue weighted by Gasteiger charge is 2.11. The first-order valence-corrected chi connectivity index (χ1v) is 11.5. The minimum Gasteiger partial charge on any atom is -0.487 e. The predicted octanol–water partition coefficient (Wildman–Crippen LogP) is 4.23. The SMILES string of the molecule is N#Cc1ccccc1COc1c(I)cc(C=Nn2c(=O)[nH]c3ccccc3c2=O)cc1I. The summed E-state index contributed by atoms with van der Waals surface area (Å²) in [7, 11) is 0. The van der Waals surface area contributed by atoms with E-state index in [0.29, 0.717) is 27.8 Å². The molecule has 0 aliphatic heterocycles. The molecule has 1 N–H and O–H groups in total. The number of halogens is 2. The summed E-state index contributed by atoms with van der Waals surface area (Å²) in [6, 6.07) is 19.9. The number of ether oxygens (including phenoxy) is 1. The monoisotopic (exact) mass is 648 g/mol. The second-order valence-corrected chi connectivity index (χ2v) is 9.03. The first-order chi connectivity index (χ1) is 15.5. The van der Waals surface area contributed by atoms with Crippen LogP contribution in [0.1, 0.15) is 16.7 Å². The molecule has 4 aromatic rings. The Morgan fingerprint density at radius 3 is 2.50 bits per heavy atom. The fourth-order valence-corrected chi connectivity index (χ4v) is 5.21. The molecule has 0 bridgehead atoms. The van der Waals surface area contributed by atoms with Crippen LogP contribution in [-0.4, -0.2) is 15.9 Å². The van der Waals surface area contributed by atoms with Crippen molar-refractivity contribution in [3.8, 4) is 11.8 Å². The van der Waals surface area contributed by atoms with Gasteiger partial charge in [-0.3, -0.25) is 4.79 Å². The Bertz CT molecular complexity index is 1490. The zero-order chi connectivity index (χ0) is 22.7. The van der Waals surface area contributed by atoms with Crippen LogP contribution in [0.25, 0.3) is 10.9 Å². The number of rotatable bonds is 5. The van der Waals surface area contributed by atoms with Gasteiger partial charge in [-0.15, -0.1) is 4.68 Å². The van der Waals surface area contributed by atoms with Gasteiger partial charge in [-0.2, -0.15) is 10.4 Å². The van der Waals surface area contributed by atoms with E-state index in [4.69, 9.17) is 4.74 Å². The zero-order valence-electron chi connectivity index (χ0n) is 16.4. The van der Waals surface area contributed by atoms with E-state index < -0.39 is 11.2 Å². The lowest BCUT2D eigenvalue weighted by Crippen LogP contribution is -2.32. The number of nitrogens with zero attached hydrogens (tertiary/aromatic N) is 3. The number of hydrogen-bond donors (Lipinski definition) is 1. The molecule has 0 unspecified atom stereocenters. The molecule has 4 rings (SSSR count). The van der Waals surface area contributed by atoms with Gasteiger partial charge >= 0.3 is 5.69 Å². The van der Waals surface area contributed by atoms with Crippen LogP contribution in [0.3, 0.4) is 0 Å². The molecule has 0 aliphatic rings. The van der Waals surface area contributed by atoms with Crippen molar-refractivity contribution in [2.24, 2.45) is 5.10 Å². The van der Waals surface area contributed by atoms with Crippen LogP contribution in [0.15, 0.2) is 75.4 Å². The average molecular weight is 648 g/mol. The third kappa shape index (κ3) is 4.61. The Hall–Kier alpha value is -2.98. The van der Waals surface area contributed by atoms with Crippen molar-refractivity contribution in [3.63, 3.8) is 0 Å². The number of H-pyrrole nitrogens is 1. The number of nitriles is 1. The minimum atomic E-state index is -0.606. The van der Waals surface area contributed by atoms with Gasteiger partial charge in [0.2, 0.25) is 0 Å². The topological polar surface area (TPSA) is 100 Å². The molecule has 1 heterocycles. The van der Waals surface area contributed by atoms with Crippen LogP contribution in [0.4, 0.5) is 0 Å². The normalized spacial score (nSPS) is 11.0. The zero-order valence-corrected chi connectivity index (χ0v) is 20.7. The van der Waals surface area contributed by atoms with Gasteiger partial charge in [-0.05, 0) is 81.1 Å². The lowest BCUT2D eigenvalue weighted by molar-refractivity contribution is 0.301. The summed E-state index contributed by atoms with van der Waals surface area (Å²) in [5.41, 5.74) is 1.47. The third-order valence-corrected chi connectivity index (χ3v) is 6.24. The van der Waals surface area contributed by atoms with Gasteiger partial charge in [-0.1, -0.05) is 30.3 Å². The maximum Gasteiger partial charge on any atom is 0.349 e. The summed E-state index contributed by atoms with van der Waals surface area (Å²) in [4.78, 5) is 27.6. The first-order valence-electron chi connectivity index (χ1n) is 9.36. The Morgan fingerprint density at radius 1 is 1.06 bits per heavy atom. The molecule has 0 atom stereocenters. The number of benzene rings is 3. The molecule has 0 spiro atoms. The molecule has 0 fully saturated rings. The second kappa shape index (κ2) is 9.66.